The smallest absolute Gasteiger partial charge is 0.232 e. The molecule has 0 rings (SSSR count). The maximum atomic E-state index is 11.0. The maximum Gasteiger partial charge on any atom is 0.232 e. The highest BCUT2D eigenvalue weighted by molar-refractivity contribution is 7.81. The molecule has 0 saturated carbocycles. The van der Waals surface area contributed by atoms with E-state index in [1.165, 1.54) is 0 Å². The van der Waals surface area contributed by atoms with Gasteiger partial charge in [-0.15, -0.1) is 0 Å². The third-order valence-corrected chi connectivity index (χ3v) is 1.98. The normalized spacial score (nSPS) is 9.92. The van der Waals surface area contributed by atoms with Crippen LogP contribution >= 0.6 is 12.6 Å². The first-order valence-corrected chi connectivity index (χ1v) is 4.81. The van der Waals surface area contributed by atoms with Crippen LogP contribution in [0.15, 0.2) is 0 Å². The van der Waals surface area contributed by atoms with Crippen molar-refractivity contribution in [1.82, 2.24) is 4.90 Å². The van der Waals surface area contributed by atoms with Gasteiger partial charge in [0.1, 0.15) is 0 Å². The Morgan fingerprint density at radius 3 is 2.58 bits per heavy atom. The summed E-state index contributed by atoms with van der Waals surface area (Å²) in [6.45, 7) is 1.00. The third-order valence-electron chi connectivity index (χ3n) is 1.71. The molecule has 4 heteroatoms. The summed E-state index contributed by atoms with van der Waals surface area (Å²) in [5.74, 6) is 0.332. The van der Waals surface area contributed by atoms with E-state index < -0.39 is 0 Å². The number of aliphatic hydroxyl groups excluding tert-OH is 1. The zero-order valence-electron chi connectivity index (χ0n) is 7.49. The fourth-order valence-corrected chi connectivity index (χ4v) is 1.12. The van der Waals surface area contributed by atoms with Crippen molar-refractivity contribution in [2.24, 2.45) is 0 Å². The van der Waals surface area contributed by atoms with Gasteiger partial charge in [0, 0.05) is 20.2 Å². The van der Waals surface area contributed by atoms with Crippen molar-refractivity contribution in [3.63, 3.8) is 0 Å². The number of carbonyl (C=O) groups is 1. The van der Waals surface area contributed by atoms with E-state index in [4.69, 9.17) is 5.11 Å². The Morgan fingerprint density at radius 2 is 2.08 bits per heavy atom. The Morgan fingerprint density at radius 1 is 1.42 bits per heavy atom. The molecule has 0 spiro atoms. The molecular formula is C8H17NO2S. The zero-order chi connectivity index (χ0) is 9.40. The topological polar surface area (TPSA) is 40.5 Å². The minimum Gasteiger partial charge on any atom is -0.396 e. The molecule has 0 fully saturated rings. The van der Waals surface area contributed by atoms with Crippen molar-refractivity contribution in [2.75, 3.05) is 26.0 Å². The van der Waals surface area contributed by atoms with Gasteiger partial charge >= 0.3 is 0 Å². The van der Waals surface area contributed by atoms with Crippen molar-refractivity contribution in [3.8, 4) is 0 Å². The van der Waals surface area contributed by atoms with Crippen LogP contribution in [0.25, 0.3) is 0 Å². The lowest BCUT2D eigenvalue weighted by molar-refractivity contribution is -0.127. The van der Waals surface area contributed by atoms with Crippen LogP contribution in [-0.4, -0.2) is 41.9 Å². The Hall–Kier alpha value is -0.220. The second-order valence-corrected chi connectivity index (χ2v) is 3.07. The quantitative estimate of drug-likeness (QED) is 0.475. The summed E-state index contributed by atoms with van der Waals surface area (Å²) in [5.41, 5.74) is 0. The van der Waals surface area contributed by atoms with Crippen molar-refractivity contribution in [2.45, 2.75) is 19.3 Å². The van der Waals surface area contributed by atoms with Gasteiger partial charge in [-0.05, 0) is 19.3 Å². The van der Waals surface area contributed by atoms with E-state index in [2.05, 4.69) is 12.6 Å². The molecule has 0 aliphatic rings. The molecule has 72 valence electrons. The first-order chi connectivity index (χ1) is 5.72. The fraction of sp³-hybridized carbons (Fsp3) is 0.875. The van der Waals surface area contributed by atoms with Gasteiger partial charge in [-0.2, -0.15) is 12.6 Å². The number of nitrogens with zero attached hydrogens (tertiary/aromatic N) is 1. The molecule has 0 radical (unpaired) electrons. The van der Waals surface area contributed by atoms with E-state index in [9.17, 15) is 4.79 Å². The molecule has 0 heterocycles. The number of thiol groups is 1. The molecule has 0 aromatic rings. The standard InChI is InChI=1S/C8H17NO2S/c1-9(8(11)7-12)5-3-2-4-6-10/h10,12H,2-7H2,1H3. The van der Waals surface area contributed by atoms with Crippen LogP contribution in [0.4, 0.5) is 0 Å². The highest BCUT2D eigenvalue weighted by atomic mass is 32.1. The van der Waals surface area contributed by atoms with Gasteiger partial charge in [-0.1, -0.05) is 0 Å². The van der Waals surface area contributed by atoms with Crippen molar-refractivity contribution in [3.05, 3.63) is 0 Å². The number of rotatable bonds is 6. The van der Waals surface area contributed by atoms with Gasteiger partial charge in [-0.3, -0.25) is 4.79 Å². The number of hydrogen-bond acceptors (Lipinski definition) is 3. The van der Waals surface area contributed by atoms with Gasteiger partial charge in [-0.25, -0.2) is 0 Å². The molecule has 3 nitrogen and oxygen atoms in total. The molecule has 0 saturated heterocycles. The van der Waals surface area contributed by atoms with Crippen LogP contribution in [0.1, 0.15) is 19.3 Å². The molecule has 0 aliphatic heterocycles. The van der Waals surface area contributed by atoms with Gasteiger partial charge < -0.3 is 10.0 Å². The predicted octanol–water partition coefficient (Wildman–Crippen LogP) is 0.537. The van der Waals surface area contributed by atoms with Crippen molar-refractivity contribution < 1.29 is 9.90 Å². The molecule has 0 bridgehead atoms. The largest absolute Gasteiger partial charge is 0.396 e. The van der Waals surface area contributed by atoms with Crippen LogP contribution < -0.4 is 0 Å². The van der Waals surface area contributed by atoms with Crippen LogP contribution in [0, 0.1) is 0 Å². The number of aliphatic hydroxyl groups is 1. The summed E-state index contributed by atoms with van der Waals surface area (Å²) in [4.78, 5) is 12.6. The monoisotopic (exact) mass is 191 g/mol. The fourth-order valence-electron chi connectivity index (χ4n) is 0.883. The second-order valence-electron chi connectivity index (χ2n) is 2.76. The lowest BCUT2D eigenvalue weighted by Crippen LogP contribution is -2.28. The molecular weight excluding hydrogens is 174 g/mol. The number of unbranched alkanes of at least 4 members (excludes halogenated alkanes) is 2. The highest BCUT2D eigenvalue weighted by Crippen LogP contribution is 1.97. The molecule has 0 aliphatic carbocycles. The second kappa shape index (κ2) is 7.43. The zero-order valence-corrected chi connectivity index (χ0v) is 8.39. The van der Waals surface area contributed by atoms with Gasteiger partial charge in [0.25, 0.3) is 0 Å². The van der Waals surface area contributed by atoms with Gasteiger partial charge in [0.15, 0.2) is 0 Å². The summed E-state index contributed by atoms with van der Waals surface area (Å²) in [7, 11) is 1.78. The Balaban J connectivity index is 3.31. The maximum absolute atomic E-state index is 11.0. The summed E-state index contributed by atoms with van der Waals surface area (Å²) in [6.07, 6.45) is 2.75. The number of carbonyl (C=O) groups excluding carboxylic acids is 1. The summed E-state index contributed by atoms with van der Waals surface area (Å²) in [5, 5.41) is 8.49. The Bertz CT molecular complexity index is 130. The highest BCUT2D eigenvalue weighted by Gasteiger charge is 2.04. The minimum absolute atomic E-state index is 0.0577. The molecule has 0 unspecified atom stereocenters. The average Bonchev–Trinajstić information content (AvgIpc) is 2.10. The van der Waals surface area contributed by atoms with E-state index in [-0.39, 0.29) is 18.3 Å². The molecule has 1 N–H and O–H groups in total. The first-order valence-electron chi connectivity index (χ1n) is 4.18. The minimum atomic E-state index is 0.0577. The molecule has 1 amide bonds. The molecule has 0 aromatic carbocycles. The Kier molecular flexibility index (Phi) is 7.29. The average molecular weight is 191 g/mol. The summed E-state index contributed by atoms with van der Waals surface area (Å²) < 4.78 is 0. The van der Waals surface area contributed by atoms with Crippen molar-refractivity contribution >= 4 is 18.5 Å². The summed E-state index contributed by atoms with van der Waals surface area (Å²) in [6, 6.07) is 0. The Labute approximate surface area is 79.2 Å². The number of hydrogen-bond donors (Lipinski definition) is 2. The van der Waals surface area contributed by atoms with Gasteiger partial charge in [0.05, 0.1) is 5.75 Å². The van der Waals surface area contributed by atoms with Gasteiger partial charge in [0.2, 0.25) is 5.91 Å². The molecule has 12 heavy (non-hydrogen) atoms. The van der Waals surface area contributed by atoms with E-state index in [0.717, 1.165) is 25.8 Å². The van der Waals surface area contributed by atoms with E-state index in [1.807, 2.05) is 0 Å². The SMILES string of the molecule is CN(CCCCCO)C(=O)CS. The number of amides is 1. The third kappa shape index (κ3) is 5.43. The predicted molar refractivity (Wildman–Crippen MR) is 52.4 cm³/mol. The van der Waals surface area contributed by atoms with E-state index in [0.29, 0.717) is 0 Å². The van der Waals surface area contributed by atoms with Crippen molar-refractivity contribution in [1.29, 1.82) is 0 Å². The molecule has 0 aromatic heterocycles. The van der Waals surface area contributed by atoms with Crippen LogP contribution in [0.2, 0.25) is 0 Å². The van der Waals surface area contributed by atoms with E-state index in [1.54, 1.807) is 11.9 Å². The van der Waals surface area contributed by atoms with E-state index >= 15 is 0 Å². The van der Waals surface area contributed by atoms with Crippen LogP contribution in [0.5, 0.6) is 0 Å². The van der Waals surface area contributed by atoms with Crippen LogP contribution in [0.3, 0.4) is 0 Å². The van der Waals surface area contributed by atoms with Crippen LogP contribution in [-0.2, 0) is 4.79 Å². The first kappa shape index (κ1) is 11.8. The lowest BCUT2D eigenvalue weighted by atomic mass is 10.2. The summed E-state index contributed by atoms with van der Waals surface area (Å²) >= 11 is 3.89. The molecule has 0 atom stereocenters. The lowest BCUT2D eigenvalue weighted by Gasteiger charge is -2.15.